The zero-order chi connectivity index (χ0) is 9.47. The van der Waals surface area contributed by atoms with Gasteiger partial charge in [-0.05, 0) is 23.1 Å². The molecule has 13 heavy (non-hydrogen) atoms. The van der Waals surface area contributed by atoms with Crippen molar-refractivity contribution in [3.63, 3.8) is 0 Å². The molecule has 0 saturated heterocycles. The molecule has 0 bridgehead atoms. The molecule has 0 atom stereocenters. The molecule has 0 radical (unpaired) electrons. The fourth-order valence-corrected chi connectivity index (χ4v) is 1.40. The van der Waals surface area contributed by atoms with Crippen molar-refractivity contribution in [2.24, 2.45) is 0 Å². The zero-order valence-electron chi connectivity index (χ0n) is 8.26. The molecule has 0 N–H and O–H groups in total. The lowest BCUT2D eigenvalue weighted by Gasteiger charge is -2.19. The predicted octanol–water partition coefficient (Wildman–Crippen LogP) is 2.81. The summed E-state index contributed by atoms with van der Waals surface area (Å²) in [6.07, 6.45) is 0. The normalized spacial score (nSPS) is 15.3. The van der Waals surface area contributed by atoms with E-state index in [4.69, 9.17) is 9.78 Å². The Morgan fingerprint density at radius 3 is 2.69 bits per heavy atom. The van der Waals surface area contributed by atoms with Gasteiger partial charge >= 0.3 is 0 Å². The first kappa shape index (κ1) is 8.57. The van der Waals surface area contributed by atoms with Crippen molar-refractivity contribution >= 4 is 0 Å². The van der Waals surface area contributed by atoms with Crippen molar-refractivity contribution in [1.82, 2.24) is 0 Å². The summed E-state index contributed by atoms with van der Waals surface area (Å²) in [6, 6.07) is 6.22. The van der Waals surface area contributed by atoms with Crippen LogP contribution in [0.25, 0.3) is 0 Å². The van der Waals surface area contributed by atoms with E-state index >= 15 is 0 Å². The van der Waals surface area contributed by atoms with Crippen molar-refractivity contribution in [1.29, 1.82) is 0 Å². The largest absolute Gasteiger partial charge is 0.337 e. The molecule has 1 aromatic rings. The van der Waals surface area contributed by atoms with E-state index in [0.29, 0.717) is 6.61 Å². The first-order valence-corrected chi connectivity index (χ1v) is 4.50. The van der Waals surface area contributed by atoms with Crippen LogP contribution < -0.4 is 4.89 Å². The molecule has 0 amide bonds. The van der Waals surface area contributed by atoms with Crippen LogP contribution in [0.2, 0.25) is 0 Å². The molecule has 2 rings (SSSR count). The lowest BCUT2D eigenvalue weighted by Crippen LogP contribution is -2.10. The van der Waals surface area contributed by atoms with Crippen LogP contribution in [0.4, 0.5) is 0 Å². The molecule has 1 aromatic carbocycles. The second-order valence-electron chi connectivity index (χ2n) is 4.42. The van der Waals surface area contributed by atoms with Gasteiger partial charge in [-0.15, -0.1) is 0 Å². The Labute approximate surface area is 78.4 Å². The first-order chi connectivity index (χ1) is 6.07. The Morgan fingerprint density at radius 2 is 2.00 bits per heavy atom. The molecule has 0 unspecified atom stereocenters. The molecule has 1 aliphatic rings. The Morgan fingerprint density at radius 1 is 1.23 bits per heavy atom. The molecule has 1 heterocycles. The van der Waals surface area contributed by atoms with Crippen LogP contribution in [-0.2, 0) is 16.9 Å². The summed E-state index contributed by atoms with van der Waals surface area (Å²) in [7, 11) is 0. The average Bonchev–Trinajstić information content (AvgIpc) is 2.47. The standard InChI is InChI=1S/C11H14O2/c1-11(2,3)9-4-5-10-8(6-9)7-12-13-10/h4-6H,7H2,1-3H3. The molecule has 0 aliphatic carbocycles. The van der Waals surface area contributed by atoms with Gasteiger partial charge < -0.3 is 4.89 Å². The van der Waals surface area contributed by atoms with E-state index in [9.17, 15) is 0 Å². The predicted molar refractivity (Wildman–Crippen MR) is 50.6 cm³/mol. The molecule has 0 fully saturated rings. The van der Waals surface area contributed by atoms with Gasteiger partial charge in [0.15, 0.2) is 5.75 Å². The number of hydrogen-bond acceptors (Lipinski definition) is 2. The Bertz CT molecular complexity index is 323. The van der Waals surface area contributed by atoms with Gasteiger partial charge in [-0.1, -0.05) is 26.8 Å². The molecule has 0 aromatic heterocycles. The van der Waals surface area contributed by atoms with Gasteiger partial charge in [-0.2, -0.15) is 4.89 Å². The first-order valence-electron chi connectivity index (χ1n) is 4.50. The minimum Gasteiger partial charge on any atom is -0.337 e. The van der Waals surface area contributed by atoms with Crippen molar-refractivity contribution in [3.05, 3.63) is 29.3 Å². The highest BCUT2D eigenvalue weighted by Crippen LogP contribution is 2.31. The van der Waals surface area contributed by atoms with Gasteiger partial charge in [0.25, 0.3) is 0 Å². The highest BCUT2D eigenvalue weighted by molar-refractivity contribution is 5.40. The maximum Gasteiger partial charge on any atom is 0.171 e. The van der Waals surface area contributed by atoms with Crippen molar-refractivity contribution in [2.75, 3.05) is 0 Å². The van der Waals surface area contributed by atoms with Crippen LogP contribution in [-0.4, -0.2) is 0 Å². The zero-order valence-corrected chi connectivity index (χ0v) is 8.26. The average molecular weight is 178 g/mol. The molecule has 2 heteroatoms. The maximum absolute atomic E-state index is 4.97. The lowest BCUT2D eigenvalue weighted by molar-refractivity contribution is -0.194. The van der Waals surface area contributed by atoms with Gasteiger partial charge in [0.2, 0.25) is 0 Å². The summed E-state index contributed by atoms with van der Waals surface area (Å²) in [4.78, 5) is 9.85. The molecule has 0 saturated carbocycles. The second-order valence-corrected chi connectivity index (χ2v) is 4.42. The van der Waals surface area contributed by atoms with E-state index < -0.39 is 0 Å². The van der Waals surface area contributed by atoms with E-state index in [0.717, 1.165) is 11.3 Å². The van der Waals surface area contributed by atoms with E-state index in [1.54, 1.807) is 0 Å². The molecule has 1 aliphatic heterocycles. The van der Waals surface area contributed by atoms with Crippen molar-refractivity contribution < 1.29 is 9.78 Å². The Balaban J connectivity index is 2.42. The highest BCUT2D eigenvalue weighted by atomic mass is 17.2. The summed E-state index contributed by atoms with van der Waals surface area (Å²) in [5.74, 6) is 0.855. The molecule has 0 spiro atoms. The van der Waals surface area contributed by atoms with Crippen LogP contribution >= 0.6 is 0 Å². The summed E-state index contributed by atoms with van der Waals surface area (Å²) >= 11 is 0. The fourth-order valence-electron chi connectivity index (χ4n) is 1.40. The maximum atomic E-state index is 4.97. The molecule has 70 valence electrons. The van der Waals surface area contributed by atoms with Crippen molar-refractivity contribution in [2.45, 2.75) is 32.8 Å². The third-order valence-corrected chi connectivity index (χ3v) is 2.29. The quantitative estimate of drug-likeness (QED) is 0.569. The van der Waals surface area contributed by atoms with E-state index in [2.05, 4.69) is 32.9 Å². The van der Waals surface area contributed by atoms with Gasteiger partial charge in [0.05, 0.1) is 0 Å². The van der Waals surface area contributed by atoms with Gasteiger partial charge in [-0.25, -0.2) is 0 Å². The highest BCUT2D eigenvalue weighted by Gasteiger charge is 2.19. The minimum absolute atomic E-state index is 0.192. The summed E-state index contributed by atoms with van der Waals surface area (Å²) in [5.41, 5.74) is 2.66. The van der Waals surface area contributed by atoms with Crippen LogP contribution in [0.15, 0.2) is 18.2 Å². The van der Waals surface area contributed by atoms with Crippen molar-refractivity contribution in [3.8, 4) is 5.75 Å². The minimum atomic E-state index is 0.192. The van der Waals surface area contributed by atoms with Crippen LogP contribution in [0, 0.1) is 0 Å². The fraction of sp³-hybridized carbons (Fsp3) is 0.455. The Hall–Kier alpha value is -1.02. The van der Waals surface area contributed by atoms with E-state index in [-0.39, 0.29) is 5.41 Å². The summed E-state index contributed by atoms with van der Waals surface area (Å²) in [6.45, 7) is 7.17. The summed E-state index contributed by atoms with van der Waals surface area (Å²) in [5, 5.41) is 0. The molecule has 2 nitrogen and oxygen atoms in total. The van der Waals surface area contributed by atoms with Crippen LogP contribution in [0.3, 0.4) is 0 Å². The molecular weight excluding hydrogens is 164 g/mol. The number of benzene rings is 1. The second kappa shape index (κ2) is 2.74. The third kappa shape index (κ3) is 1.54. The smallest absolute Gasteiger partial charge is 0.171 e. The number of hydrogen-bond donors (Lipinski definition) is 0. The van der Waals surface area contributed by atoms with Crippen LogP contribution in [0.1, 0.15) is 31.9 Å². The number of rotatable bonds is 0. The van der Waals surface area contributed by atoms with Gasteiger partial charge in [-0.3, -0.25) is 0 Å². The van der Waals surface area contributed by atoms with E-state index in [1.165, 1.54) is 5.56 Å². The summed E-state index contributed by atoms with van der Waals surface area (Å²) < 4.78 is 0. The molecular formula is C11H14O2. The van der Waals surface area contributed by atoms with Gasteiger partial charge in [0, 0.05) is 5.56 Å². The SMILES string of the molecule is CC(C)(C)c1ccc2c(c1)COO2. The number of fused-ring (bicyclic) bond motifs is 1. The lowest BCUT2D eigenvalue weighted by atomic mass is 9.86. The van der Waals surface area contributed by atoms with E-state index in [1.807, 2.05) is 6.07 Å². The van der Waals surface area contributed by atoms with Crippen LogP contribution in [0.5, 0.6) is 5.75 Å². The Kier molecular flexibility index (Phi) is 1.81. The monoisotopic (exact) mass is 178 g/mol. The third-order valence-electron chi connectivity index (χ3n) is 2.29. The van der Waals surface area contributed by atoms with Gasteiger partial charge in [0.1, 0.15) is 6.61 Å². The topological polar surface area (TPSA) is 18.5 Å².